The maximum atomic E-state index is 13.2. The summed E-state index contributed by atoms with van der Waals surface area (Å²) in [6, 6.07) is 1.75. The van der Waals surface area contributed by atoms with Gasteiger partial charge in [0.15, 0.2) is 0 Å². The van der Waals surface area contributed by atoms with Crippen molar-refractivity contribution in [2.45, 2.75) is 6.92 Å². The summed E-state index contributed by atoms with van der Waals surface area (Å²) in [5.41, 5.74) is -0.506. The first-order chi connectivity index (χ1) is 8.32. The van der Waals surface area contributed by atoms with E-state index in [2.05, 4.69) is 5.32 Å². The van der Waals surface area contributed by atoms with Crippen LogP contribution in [0.5, 0.6) is 0 Å². The van der Waals surface area contributed by atoms with Crippen LogP contribution in [0.25, 0.3) is 0 Å². The van der Waals surface area contributed by atoms with E-state index in [0.29, 0.717) is 0 Å². The third-order valence-electron chi connectivity index (χ3n) is 2.26. The zero-order valence-corrected chi connectivity index (χ0v) is 10.1. The predicted molar refractivity (Wildman–Crippen MR) is 63.4 cm³/mol. The molecule has 0 saturated heterocycles. The number of nitro benzene ring substituents is 1. The number of halogens is 2. The van der Waals surface area contributed by atoms with Crippen molar-refractivity contribution in [1.82, 2.24) is 0 Å². The normalized spacial score (nSPS) is 11.9. The van der Waals surface area contributed by atoms with E-state index in [1.54, 1.807) is 0 Å². The van der Waals surface area contributed by atoms with Gasteiger partial charge in [-0.1, -0.05) is 18.5 Å². The Morgan fingerprint density at radius 2 is 2.28 bits per heavy atom. The van der Waals surface area contributed by atoms with Crippen LogP contribution in [-0.2, 0) is 4.79 Å². The zero-order valence-electron chi connectivity index (χ0n) is 9.31. The molecule has 0 aliphatic heterocycles. The van der Waals surface area contributed by atoms with Gasteiger partial charge in [-0.15, -0.1) is 0 Å². The summed E-state index contributed by atoms with van der Waals surface area (Å²) in [6.07, 6.45) is 0. The molecule has 1 unspecified atom stereocenters. The lowest BCUT2D eigenvalue weighted by Gasteiger charge is -2.10. The van der Waals surface area contributed by atoms with Crippen LogP contribution in [0.4, 0.5) is 15.8 Å². The molecule has 1 aromatic rings. The van der Waals surface area contributed by atoms with Gasteiger partial charge in [0.2, 0.25) is 0 Å². The van der Waals surface area contributed by atoms with E-state index in [-0.39, 0.29) is 17.3 Å². The maximum absolute atomic E-state index is 13.2. The van der Waals surface area contributed by atoms with Crippen molar-refractivity contribution in [2.24, 2.45) is 5.92 Å². The van der Waals surface area contributed by atoms with E-state index in [4.69, 9.17) is 16.7 Å². The van der Waals surface area contributed by atoms with Crippen molar-refractivity contribution >= 4 is 28.9 Å². The molecule has 8 heteroatoms. The van der Waals surface area contributed by atoms with Crippen LogP contribution in [0.3, 0.4) is 0 Å². The number of benzene rings is 1. The number of hydrogen-bond donors (Lipinski definition) is 2. The number of carboxylic acid groups (broad SMARTS) is 1. The molecule has 18 heavy (non-hydrogen) atoms. The van der Waals surface area contributed by atoms with Crippen molar-refractivity contribution in [3.63, 3.8) is 0 Å². The minimum Gasteiger partial charge on any atom is -0.481 e. The van der Waals surface area contributed by atoms with Gasteiger partial charge in [0.25, 0.3) is 5.69 Å². The van der Waals surface area contributed by atoms with Crippen molar-refractivity contribution in [3.05, 3.63) is 33.1 Å². The van der Waals surface area contributed by atoms with Crippen LogP contribution >= 0.6 is 11.6 Å². The van der Waals surface area contributed by atoms with Gasteiger partial charge in [-0.3, -0.25) is 14.9 Å². The summed E-state index contributed by atoms with van der Waals surface area (Å²) in [7, 11) is 0. The minimum atomic E-state index is -1.06. The lowest BCUT2D eigenvalue weighted by atomic mass is 10.2. The number of nitrogens with one attached hydrogen (secondary N) is 1. The number of nitrogens with zero attached hydrogens (tertiary/aromatic N) is 1. The molecular weight excluding hydrogens is 267 g/mol. The average Bonchev–Trinajstić information content (AvgIpc) is 2.29. The van der Waals surface area contributed by atoms with Crippen LogP contribution in [0, 0.1) is 21.8 Å². The van der Waals surface area contributed by atoms with E-state index in [9.17, 15) is 19.3 Å². The first-order valence-electron chi connectivity index (χ1n) is 4.93. The lowest BCUT2D eigenvalue weighted by Crippen LogP contribution is -2.20. The molecule has 0 saturated carbocycles. The Hall–Kier alpha value is -1.89. The third-order valence-corrected chi connectivity index (χ3v) is 2.55. The number of nitro groups is 1. The first kappa shape index (κ1) is 14.2. The average molecular weight is 277 g/mol. The molecule has 0 heterocycles. The van der Waals surface area contributed by atoms with Gasteiger partial charge in [-0.2, -0.15) is 0 Å². The summed E-state index contributed by atoms with van der Waals surface area (Å²) in [5, 5.41) is 21.6. The van der Waals surface area contributed by atoms with E-state index >= 15 is 0 Å². The van der Waals surface area contributed by atoms with Crippen molar-refractivity contribution in [2.75, 3.05) is 11.9 Å². The van der Waals surface area contributed by atoms with Crippen LogP contribution in [0.15, 0.2) is 12.1 Å². The topological polar surface area (TPSA) is 92.5 Å². The summed E-state index contributed by atoms with van der Waals surface area (Å²) in [4.78, 5) is 20.6. The Morgan fingerprint density at radius 1 is 1.67 bits per heavy atom. The molecule has 1 atom stereocenters. The molecule has 0 bridgehead atoms. The summed E-state index contributed by atoms with van der Waals surface area (Å²) < 4.78 is 13.2. The first-order valence-corrected chi connectivity index (χ1v) is 5.30. The summed E-state index contributed by atoms with van der Waals surface area (Å²) in [6.45, 7) is 1.37. The number of hydrogen-bond acceptors (Lipinski definition) is 4. The molecule has 0 radical (unpaired) electrons. The van der Waals surface area contributed by atoms with Gasteiger partial charge in [0.1, 0.15) is 11.5 Å². The number of rotatable bonds is 5. The highest BCUT2D eigenvalue weighted by Crippen LogP contribution is 2.30. The molecule has 0 aromatic heterocycles. The molecule has 0 aliphatic carbocycles. The highest BCUT2D eigenvalue weighted by atomic mass is 35.5. The monoisotopic (exact) mass is 276 g/mol. The SMILES string of the molecule is CC(CNc1cc(F)c(Cl)cc1[N+](=O)[O-])C(=O)O. The van der Waals surface area contributed by atoms with Crippen LogP contribution in [-0.4, -0.2) is 22.5 Å². The van der Waals surface area contributed by atoms with Crippen molar-refractivity contribution < 1.29 is 19.2 Å². The quantitative estimate of drug-likeness (QED) is 0.637. The van der Waals surface area contributed by atoms with Crippen LogP contribution in [0.2, 0.25) is 5.02 Å². The van der Waals surface area contributed by atoms with Crippen molar-refractivity contribution in [1.29, 1.82) is 0 Å². The lowest BCUT2D eigenvalue weighted by molar-refractivity contribution is -0.384. The van der Waals surface area contributed by atoms with Gasteiger partial charge in [0.05, 0.1) is 15.9 Å². The second-order valence-electron chi connectivity index (χ2n) is 3.66. The van der Waals surface area contributed by atoms with E-state index in [0.717, 1.165) is 12.1 Å². The Labute approximate surface area is 107 Å². The standard InChI is InChI=1S/C10H10ClFN2O4/c1-5(10(15)16)4-13-8-3-7(12)6(11)2-9(8)14(17)18/h2-3,5,13H,4H2,1H3,(H,15,16). The predicted octanol–water partition coefficient (Wildman–Crippen LogP) is 2.52. The maximum Gasteiger partial charge on any atom is 0.308 e. The second kappa shape index (κ2) is 5.63. The van der Waals surface area contributed by atoms with Crippen molar-refractivity contribution in [3.8, 4) is 0 Å². The molecular formula is C10H10ClFN2O4. The van der Waals surface area contributed by atoms with Gasteiger partial charge in [-0.05, 0) is 0 Å². The molecule has 0 aliphatic rings. The largest absolute Gasteiger partial charge is 0.481 e. The molecule has 0 amide bonds. The molecule has 2 N–H and O–H groups in total. The molecule has 0 spiro atoms. The fraction of sp³-hybridized carbons (Fsp3) is 0.300. The number of carbonyl (C=O) groups is 1. The van der Waals surface area contributed by atoms with Gasteiger partial charge in [-0.25, -0.2) is 4.39 Å². The molecule has 6 nitrogen and oxygen atoms in total. The highest BCUT2D eigenvalue weighted by Gasteiger charge is 2.19. The summed E-state index contributed by atoms with van der Waals surface area (Å²) >= 11 is 5.44. The third kappa shape index (κ3) is 3.30. The van der Waals surface area contributed by atoms with Crippen LogP contribution in [0.1, 0.15) is 6.92 Å². The number of carboxylic acids is 1. The minimum absolute atomic E-state index is 0.0583. The number of aliphatic carboxylic acids is 1. The smallest absolute Gasteiger partial charge is 0.308 e. The Bertz CT molecular complexity index is 495. The van der Waals surface area contributed by atoms with E-state index < -0.39 is 28.3 Å². The van der Waals surface area contributed by atoms with Gasteiger partial charge >= 0.3 is 5.97 Å². The summed E-state index contributed by atoms with van der Waals surface area (Å²) in [5.74, 6) is -2.63. The number of anilines is 1. The molecule has 0 fully saturated rings. The fourth-order valence-corrected chi connectivity index (χ4v) is 1.34. The van der Waals surface area contributed by atoms with Gasteiger partial charge in [0, 0.05) is 18.7 Å². The van der Waals surface area contributed by atoms with Crippen LogP contribution < -0.4 is 5.32 Å². The second-order valence-corrected chi connectivity index (χ2v) is 4.07. The Morgan fingerprint density at radius 3 is 2.78 bits per heavy atom. The fourth-order valence-electron chi connectivity index (χ4n) is 1.18. The van der Waals surface area contributed by atoms with Gasteiger partial charge < -0.3 is 10.4 Å². The molecule has 98 valence electrons. The zero-order chi connectivity index (χ0) is 13.9. The highest BCUT2D eigenvalue weighted by molar-refractivity contribution is 6.31. The van der Waals surface area contributed by atoms with E-state index in [1.165, 1.54) is 6.92 Å². The Kier molecular flexibility index (Phi) is 4.43. The molecule has 1 rings (SSSR count). The van der Waals surface area contributed by atoms with E-state index in [1.807, 2.05) is 0 Å². The Balaban J connectivity index is 2.97. The molecule has 1 aromatic carbocycles.